The van der Waals surface area contributed by atoms with Crippen molar-refractivity contribution in [3.63, 3.8) is 0 Å². The predicted octanol–water partition coefficient (Wildman–Crippen LogP) is 7.19. The number of nitrogens with zero attached hydrogens (tertiary/aromatic N) is 4. The molecule has 0 spiro atoms. The number of halogens is 6. The molecule has 1 fully saturated rings. The highest BCUT2D eigenvalue weighted by molar-refractivity contribution is 5.53. The SMILES string of the molecule is Cc1cccc(F)c1C1CCC(c2cc(-c3coc(C(F)F)n3)nn(Cc3ncccc3C(F)(F)F)c2=O)CC1. The van der Waals surface area contributed by atoms with E-state index < -0.39 is 41.9 Å². The first-order chi connectivity index (χ1) is 19.0. The van der Waals surface area contributed by atoms with Crippen molar-refractivity contribution in [2.75, 3.05) is 0 Å². The Labute approximate surface area is 224 Å². The summed E-state index contributed by atoms with van der Waals surface area (Å²) in [6, 6.07) is 8.33. The van der Waals surface area contributed by atoms with Gasteiger partial charge >= 0.3 is 12.6 Å². The topological polar surface area (TPSA) is 73.8 Å². The highest BCUT2D eigenvalue weighted by atomic mass is 19.4. The maximum atomic E-state index is 14.6. The summed E-state index contributed by atoms with van der Waals surface area (Å²) in [6.45, 7) is 1.25. The lowest BCUT2D eigenvalue weighted by atomic mass is 9.75. The van der Waals surface area contributed by atoms with Gasteiger partial charge < -0.3 is 4.42 Å². The summed E-state index contributed by atoms with van der Waals surface area (Å²) in [7, 11) is 0. The van der Waals surface area contributed by atoms with E-state index in [1.165, 1.54) is 18.3 Å². The maximum Gasteiger partial charge on any atom is 0.418 e. The van der Waals surface area contributed by atoms with Crippen LogP contribution < -0.4 is 5.56 Å². The summed E-state index contributed by atoms with van der Waals surface area (Å²) >= 11 is 0. The molecule has 3 aromatic heterocycles. The van der Waals surface area contributed by atoms with Crippen LogP contribution in [0.3, 0.4) is 0 Å². The first-order valence-electron chi connectivity index (χ1n) is 12.6. The molecule has 1 aromatic carbocycles. The van der Waals surface area contributed by atoms with E-state index in [9.17, 15) is 31.1 Å². The Hall–Kier alpha value is -3.96. The molecule has 0 atom stereocenters. The molecule has 40 heavy (non-hydrogen) atoms. The maximum absolute atomic E-state index is 14.6. The summed E-state index contributed by atoms with van der Waals surface area (Å²) in [5, 5.41) is 4.15. The summed E-state index contributed by atoms with van der Waals surface area (Å²) in [5.74, 6) is -1.49. The van der Waals surface area contributed by atoms with Gasteiger partial charge in [0.05, 0.1) is 17.8 Å². The first-order valence-corrected chi connectivity index (χ1v) is 12.6. The van der Waals surface area contributed by atoms with Gasteiger partial charge in [-0.25, -0.2) is 14.1 Å². The molecule has 0 unspecified atom stereocenters. The van der Waals surface area contributed by atoms with Gasteiger partial charge in [0, 0.05) is 11.8 Å². The summed E-state index contributed by atoms with van der Waals surface area (Å²) in [5.41, 5.74) is -0.387. The summed E-state index contributed by atoms with van der Waals surface area (Å²) < 4.78 is 87.3. The summed E-state index contributed by atoms with van der Waals surface area (Å²) in [4.78, 5) is 21.1. The Morgan fingerprint density at radius 2 is 1.77 bits per heavy atom. The van der Waals surface area contributed by atoms with E-state index >= 15 is 0 Å². The second kappa shape index (κ2) is 10.9. The average Bonchev–Trinajstić information content (AvgIpc) is 3.41. The van der Waals surface area contributed by atoms with Crippen LogP contribution in [0.1, 0.15) is 77.8 Å². The molecule has 5 rings (SSSR count). The minimum absolute atomic E-state index is 0.00168. The van der Waals surface area contributed by atoms with E-state index in [-0.39, 0.29) is 34.6 Å². The number of hydrogen-bond donors (Lipinski definition) is 0. The standard InChI is InChI=1S/C28H24F6N4O2/c1-15-4-2-6-20(29)24(15)17-9-7-16(8-10-17)18-12-21(23-14-40-26(36-23)25(30)31)37-38(27(18)39)13-22-19(28(32,33)34)5-3-11-35-22/h2-6,11-12,14,16-17,25H,7-10,13H2,1H3. The number of oxazole rings is 1. The third-order valence-corrected chi connectivity index (χ3v) is 7.31. The van der Waals surface area contributed by atoms with Crippen LogP contribution in [0.4, 0.5) is 26.3 Å². The molecule has 0 aliphatic heterocycles. The molecule has 4 aromatic rings. The molecule has 210 valence electrons. The van der Waals surface area contributed by atoms with E-state index in [1.54, 1.807) is 6.07 Å². The molecule has 0 saturated heterocycles. The smallest absolute Gasteiger partial charge is 0.418 e. The number of alkyl halides is 5. The zero-order valence-corrected chi connectivity index (χ0v) is 21.3. The van der Waals surface area contributed by atoms with E-state index in [2.05, 4.69) is 15.1 Å². The van der Waals surface area contributed by atoms with Crippen LogP contribution in [0.5, 0.6) is 0 Å². The highest BCUT2D eigenvalue weighted by Gasteiger charge is 2.34. The van der Waals surface area contributed by atoms with Crippen molar-refractivity contribution >= 4 is 0 Å². The fraction of sp³-hybridized carbons (Fsp3) is 0.357. The van der Waals surface area contributed by atoms with Crippen LogP contribution in [-0.4, -0.2) is 19.7 Å². The normalized spacial score (nSPS) is 17.9. The molecule has 12 heteroatoms. The highest BCUT2D eigenvalue weighted by Crippen LogP contribution is 2.42. The first kappa shape index (κ1) is 27.6. The lowest BCUT2D eigenvalue weighted by molar-refractivity contribution is -0.138. The Morgan fingerprint density at radius 3 is 2.42 bits per heavy atom. The van der Waals surface area contributed by atoms with Crippen molar-refractivity contribution in [1.29, 1.82) is 0 Å². The number of aryl methyl sites for hydroxylation is 1. The van der Waals surface area contributed by atoms with Crippen LogP contribution in [-0.2, 0) is 12.7 Å². The van der Waals surface area contributed by atoms with Crippen molar-refractivity contribution < 1.29 is 30.8 Å². The van der Waals surface area contributed by atoms with Gasteiger partial charge in [-0.05, 0) is 79.8 Å². The molecular formula is C28H24F6N4O2. The lowest BCUT2D eigenvalue weighted by Crippen LogP contribution is -2.31. The zero-order chi connectivity index (χ0) is 28.6. The molecule has 1 saturated carbocycles. The molecule has 1 aliphatic carbocycles. The van der Waals surface area contributed by atoms with Gasteiger partial charge in [0.1, 0.15) is 23.5 Å². The van der Waals surface area contributed by atoms with Gasteiger partial charge in [-0.15, -0.1) is 0 Å². The molecule has 0 N–H and O–H groups in total. The van der Waals surface area contributed by atoms with E-state index in [4.69, 9.17) is 4.42 Å². The van der Waals surface area contributed by atoms with E-state index in [0.717, 1.165) is 28.6 Å². The third-order valence-electron chi connectivity index (χ3n) is 7.31. The Balaban J connectivity index is 1.52. The molecule has 3 heterocycles. The number of aromatic nitrogens is 4. The second-order valence-corrected chi connectivity index (χ2v) is 9.83. The fourth-order valence-electron chi connectivity index (χ4n) is 5.41. The summed E-state index contributed by atoms with van der Waals surface area (Å²) in [6.07, 6.45) is -3.37. The average molecular weight is 563 g/mol. The molecule has 0 bridgehead atoms. The second-order valence-electron chi connectivity index (χ2n) is 9.83. The van der Waals surface area contributed by atoms with Crippen LogP contribution in [0, 0.1) is 12.7 Å². The van der Waals surface area contributed by atoms with Gasteiger partial charge in [-0.1, -0.05) is 12.1 Å². The van der Waals surface area contributed by atoms with E-state index in [1.807, 2.05) is 13.0 Å². The number of pyridine rings is 1. The molecule has 1 aliphatic rings. The monoisotopic (exact) mass is 562 g/mol. The molecule has 0 radical (unpaired) electrons. The fourth-order valence-corrected chi connectivity index (χ4v) is 5.41. The van der Waals surface area contributed by atoms with Crippen molar-refractivity contribution in [1.82, 2.24) is 19.7 Å². The number of hydrogen-bond acceptors (Lipinski definition) is 5. The van der Waals surface area contributed by atoms with Gasteiger partial charge in [0.15, 0.2) is 0 Å². The van der Waals surface area contributed by atoms with Crippen LogP contribution in [0.15, 0.2) is 58.1 Å². The zero-order valence-electron chi connectivity index (χ0n) is 21.3. The van der Waals surface area contributed by atoms with Gasteiger partial charge in [-0.3, -0.25) is 9.78 Å². The van der Waals surface area contributed by atoms with E-state index in [0.29, 0.717) is 31.2 Å². The third kappa shape index (κ3) is 5.52. The van der Waals surface area contributed by atoms with Gasteiger partial charge in [-0.2, -0.15) is 27.1 Å². The Bertz CT molecular complexity index is 1550. The largest absolute Gasteiger partial charge is 0.443 e. The quantitative estimate of drug-likeness (QED) is 0.233. The minimum atomic E-state index is -4.71. The molecule has 0 amide bonds. The molecule has 6 nitrogen and oxygen atoms in total. The minimum Gasteiger partial charge on any atom is -0.443 e. The Morgan fingerprint density at radius 1 is 1.05 bits per heavy atom. The number of rotatable bonds is 6. The van der Waals surface area contributed by atoms with Crippen molar-refractivity contribution in [3.05, 3.63) is 98.9 Å². The van der Waals surface area contributed by atoms with Crippen LogP contribution in [0.25, 0.3) is 11.4 Å². The van der Waals surface area contributed by atoms with Crippen molar-refractivity contribution in [2.24, 2.45) is 0 Å². The van der Waals surface area contributed by atoms with Crippen LogP contribution in [0.2, 0.25) is 0 Å². The van der Waals surface area contributed by atoms with Gasteiger partial charge in [0.2, 0.25) is 0 Å². The van der Waals surface area contributed by atoms with Gasteiger partial charge in [0.25, 0.3) is 11.4 Å². The molecular weight excluding hydrogens is 538 g/mol. The lowest BCUT2D eigenvalue weighted by Gasteiger charge is -2.30. The number of benzene rings is 1. The predicted molar refractivity (Wildman–Crippen MR) is 132 cm³/mol. The van der Waals surface area contributed by atoms with Crippen molar-refractivity contribution in [2.45, 2.75) is 63.6 Å². The van der Waals surface area contributed by atoms with Crippen molar-refractivity contribution in [3.8, 4) is 11.4 Å². The Kier molecular flexibility index (Phi) is 7.52. The van der Waals surface area contributed by atoms with Crippen LogP contribution >= 0.6 is 0 Å².